The highest BCUT2D eigenvalue weighted by atomic mass is 16.5. The SMILES string of the molecule is COC(=O)C(C)NCCOc1cccc(C(=O)O)c1. The molecule has 0 spiro atoms. The Labute approximate surface area is 111 Å². The summed E-state index contributed by atoms with van der Waals surface area (Å²) in [5, 5.41) is 11.7. The molecule has 6 heteroatoms. The van der Waals surface area contributed by atoms with Gasteiger partial charge < -0.3 is 19.9 Å². The van der Waals surface area contributed by atoms with Gasteiger partial charge in [-0.15, -0.1) is 0 Å². The minimum atomic E-state index is -0.997. The summed E-state index contributed by atoms with van der Waals surface area (Å²) in [6.45, 7) is 2.47. The summed E-state index contributed by atoms with van der Waals surface area (Å²) in [7, 11) is 1.33. The van der Waals surface area contributed by atoms with E-state index in [0.717, 1.165) is 0 Å². The Bertz CT molecular complexity index is 446. The highest BCUT2D eigenvalue weighted by molar-refractivity contribution is 5.88. The van der Waals surface area contributed by atoms with Crippen LogP contribution in [0.4, 0.5) is 0 Å². The van der Waals surface area contributed by atoms with Gasteiger partial charge in [-0.25, -0.2) is 4.79 Å². The molecule has 6 nitrogen and oxygen atoms in total. The van der Waals surface area contributed by atoms with Gasteiger partial charge in [-0.3, -0.25) is 4.79 Å². The van der Waals surface area contributed by atoms with Gasteiger partial charge in [-0.05, 0) is 25.1 Å². The number of carboxylic acids is 1. The molecule has 0 aliphatic rings. The van der Waals surface area contributed by atoms with E-state index in [1.807, 2.05) is 0 Å². The van der Waals surface area contributed by atoms with Gasteiger partial charge in [0.05, 0.1) is 12.7 Å². The van der Waals surface area contributed by atoms with Gasteiger partial charge in [0.2, 0.25) is 0 Å². The molecule has 104 valence electrons. The van der Waals surface area contributed by atoms with E-state index < -0.39 is 12.0 Å². The predicted octanol–water partition coefficient (Wildman–Crippen LogP) is 0.915. The lowest BCUT2D eigenvalue weighted by atomic mass is 10.2. The van der Waals surface area contributed by atoms with Crippen molar-refractivity contribution in [3.05, 3.63) is 29.8 Å². The summed E-state index contributed by atoms with van der Waals surface area (Å²) >= 11 is 0. The Hall–Kier alpha value is -2.08. The van der Waals surface area contributed by atoms with E-state index in [1.165, 1.54) is 19.2 Å². The molecule has 1 rings (SSSR count). The van der Waals surface area contributed by atoms with Crippen LogP contribution in [0.2, 0.25) is 0 Å². The molecule has 0 saturated heterocycles. The van der Waals surface area contributed by atoms with Crippen molar-refractivity contribution in [1.82, 2.24) is 5.32 Å². The Morgan fingerprint density at radius 2 is 2.16 bits per heavy atom. The monoisotopic (exact) mass is 267 g/mol. The molecule has 0 heterocycles. The molecule has 2 N–H and O–H groups in total. The first-order chi connectivity index (χ1) is 9.04. The molecule has 0 radical (unpaired) electrons. The molecule has 1 unspecified atom stereocenters. The van der Waals surface area contributed by atoms with Crippen LogP contribution >= 0.6 is 0 Å². The van der Waals surface area contributed by atoms with Crippen molar-refractivity contribution in [3.63, 3.8) is 0 Å². The number of methoxy groups -OCH3 is 1. The smallest absolute Gasteiger partial charge is 0.335 e. The molecule has 1 aromatic carbocycles. The first kappa shape index (κ1) is 15.0. The predicted molar refractivity (Wildman–Crippen MR) is 68.4 cm³/mol. The van der Waals surface area contributed by atoms with E-state index in [4.69, 9.17) is 9.84 Å². The largest absolute Gasteiger partial charge is 0.492 e. The lowest BCUT2D eigenvalue weighted by Gasteiger charge is -2.12. The van der Waals surface area contributed by atoms with Crippen LogP contribution in [0.5, 0.6) is 5.75 Å². The number of esters is 1. The summed E-state index contributed by atoms with van der Waals surface area (Å²) in [6.07, 6.45) is 0. The Kier molecular flexibility index (Phi) is 5.81. The Balaban J connectivity index is 2.35. The van der Waals surface area contributed by atoms with E-state index in [0.29, 0.717) is 18.9 Å². The standard InChI is InChI=1S/C13H17NO5/c1-9(13(17)18-2)14-6-7-19-11-5-3-4-10(8-11)12(15)16/h3-5,8-9,14H,6-7H2,1-2H3,(H,15,16). The summed E-state index contributed by atoms with van der Waals surface area (Å²) in [4.78, 5) is 21.9. The first-order valence-electron chi connectivity index (χ1n) is 5.82. The average molecular weight is 267 g/mol. The first-order valence-corrected chi connectivity index (χ1v) is 5.82. The lowest BCUT2D eigenvalue weighted by Crippen LogP contribution is -2.37. The van der Waals surface area contributed by atoms with Crippen molar-refractivity contribution in [2.24, 2.45) is 0 Å². The summed E-state index contributed by atoms with van der Waals surface area (Å²) in [5.74, 6) is -0.858. The normalized spacial score (nSPS) is 11.7. The maximum absolute atomic E-state index is 11.1. The van der Waals surface area contributed by atoms with Crippen molar-refractivity contribution < 1.29 is 24.2 Å². The third-order valence-corrected chi connectivity index (χ3v) is 2.46. The van der Waals surface area contributed by atoms with Gasteiger partial charge >= 0.3 is 11.9 Å². The van der Waals surface area contributed by atoms with Gasteiger partial charge in [0.15, 0.2) is 0 Å². The van der Waals surface area contributed by atoms with Crippen LogP contribution < -0.4 is 10.1 Å². The molecule has 1 aromatic rings. The van der Waals surface area contributed by atoms with Crippen molar-refractivity contribution >= 4 is 11.9 Å². The molecular weight excluding hydrogens is 250 g/mol. The number of nitrogens with one attached hydrogen (secondary N) is 1. The van der Waals surface area contributed by atoms with Crippen LogP contribution in [-0.4, -0.2) is 43.3 Å². The number of rotatable bonds is 7. The Morgan fingerprint density at radius 1 is 1.42 bits per heavy atom. The van der Waals surface area contributed by atoms with Gasteiger partial charge in [0, 0.05) is 6.54 Å². The molecule has 1 atom stereocenters. The van der Waals surface area contributed by atoms with E-state index in [2.05, 4.69) is 10.1 Å². The zero-order chi connectivity index (χ0) is 14.3. The second kappa shape index (κ2) is 7.38. The van der Waals surface area contributed by atoms with E-state index in [-0.39, 0.29) is 11.5 Å². The quantitative estimate of drug-likeness (QED) is 0.564. The molecule has 0 amide bonds. The number of benzene rings is 1. The van der Waals surface area contributed by atoms with Gasteiger partial charge in [0.25, 0.3) is 0 Å². The van der Waals surface area contributed by atoms with Crippen LogP contribution in [0.1, 0.15) is 17.3 Å². The van der Waals surface area contributed by atoms with Crippen molar-refractivity contribution in [1.29, 1.82) is 0 Å². The number of hydrogen-bond acceptors (Lipinski definition) is 5. The molecule has 0 saturated carbocycles. The summed E-state index contributed by atoms with van der Waals surface area (Å²) in [6, 6.07) is 5.83. The van der Waals surface area contributed by atoms with E-state index in [1.54, 1.807) is 19.1 Å². The molecule has 0 bridgehead atoms. The van der Waals surface area contributed by atoms with Crippen molar-refractivity contribution in [3.8, 4) is 5.75 Å². The fourth-order valence-corrected chi connectivity index (χ4v) is 1.42. The zero-order valence-electron chi connectivity index (χ0n) is 10.9. The maximum Gasteiger partial charge on any atom is 0.335 e. The number of aromatic carboxylic acids is 1. The van der Waals surface area contributed by atoms with Crippen molar-refractivity contribution in [2.45, 2.75) is 13.0 Å². The highest BCUT2D eigenvalue weighted by Gasteiger charge is 2.11. The molecule has 0 fully saturated rings. The van der Waals surface area contributed by atoms with E-state index >= 15 is 0 Å². The van der Waals surface area contributed by atoms with Gasteiger partial charge in [-0.1, -0.05) is 6.07 Å². The van der Waals surface area contributed by atoms with Gasteiger partial charge in [-0.2, -0.15) is 0 Å². The van der Waals surface area contributed by atoms with Crippen LogP contribution in [0.3, 0.4) is 0 Å². The highest BCUT2D eigenvalue weighted by Crippen LogP contribution is 2.12. The fraction of sp³-hybridized carbons (Fsp3) is 0.385. The molecular formula is C13H17NO5. The Morgan fingerprint density at radius 3 is 2.79 bits per heavy atom. The van der Waals surface area contributed by atoms with Crippen LogP contribution in [0, 0.1) is 0 Å². The number of hydrogen-bond donors (Lipinski definition) is 2. The van der Waals surface area contributed by atoms with Crippen LogP contribution in [-0.2, 0) is 9.53 Å². The maximum atomic E-state index is 11.1. The third-order valence-electron chi connectivity index (χ3n) is 2.46. The van der Waals surface area contributed by atoms with Crippen molar-refractivity contribution in [2.75, 3.05) is 20.3 Å². The number of carbonyl (C=O) groups excluding carboxylic acids is 1. The average Bonchev–Trinajstić information content (AvgIpc) is 2.42. The summed E-state index contributed by atoms with van der Waals surface area (Å²) < 4.78 is 9.94. The fourth-order valence-electron chi connectivity index (χ4n) is 1.42. The number of carbonyl (C=O) groups is 2. The second-order valence-corrected chi connectivity index (χ2v) is 3.88. The number of ether oxygens (including phenoxy) is 2. The molecule has 0 aromatic heterocycles. The van der Waals surface area contributed by atoms with Crippen LogP contribution in [0.15, 0.2) is 24.3 Å². The topological polar surface area (TPSA) is 84.9 Å². The van der Waals surface area contributed by atoms with E-state index in [9.17, 15) is 9.59 Å². The third kappa shape index (κ3) is 4.97. The molecule has 19 heavy (non-hydrogen) atoms. The minimum Gasteiger partial charge on any atom is -0.492 e. The van der Waals surface area contributed by atoms with Gasteiger partial charge in [0.1, 0.15) is 18.4 Å². The minimum absolute atomic E-state index is 0.174. The lowest BCUT2D eigenvalue weighted by molar-refractivity contribution is -0.142. The summed E-state index contributed by atoms with van der Waals surface area (Å²) in [5.41, 5.74) is 0.174. The molecule has 0 aliphatic carbocycles. The number of carboxylic acid groups (broad SMARTS) is 1. The molecule has 0 aliphatic heterocycles. The second-order valence-electron chi connectivity index (χ2n) is 3.88. The van der Waals surface area contributed by atoms with Crippen LogP contribution in [0.25, 0.3) is 0 Å². The zero-order valence-corrected chi connectivity index (χ0v) is 10.9.